The zero-order valence-electron chi connectivity index (χ0n) is 9.35. The molecule has 0 saturated carbocycles. The summed E-state index contributed by atoms with van der Waals surface area (Å²) in [5, 5.41) is 0. The molecule has 1 heterocycles. The third-order valence-electron chi connectivity index (χ3n) is 2.38. The lowest BCUT2D eigenvalue weighted by Gasteiger charge is -2.34. The van der Waals surface area contributed by atoms with E-state index in [1.54, 1.807) is 0 Å². The first-order valence-electron chi connectivity index (χ1n) is 4.87. The van der Waals surface area contributed by atoms with Gasteiger partial charge in [0.15, 0.2) is 0 Å². The number of halogens is 2. The Labute approximate surface area is 104 Å². The van der Waals surface area contributed by atoms with Gasteiger partial charge in [-0.2, -0.15) is 0 Å². The topological polar surface area (TPSA) is 47.7 Å². The molecule has 0 amide bonds. The molecule has 0 radical (unpaired) electrons. The lowest BCUT2D eigenvalue weighted by atomic mass is 10.0. The van der Waals surface area contributed by atoms with Crippen molar-refractivity contribution in [3.8, 4) is 0 Å². The minimum absolute atomic E-state index is 0. The lowest BCUT2D eigenvalue weighted by Crippen LogP contribution is -2.50. The van der Waals surface area contributed by atoms with Crippen molar-refractivity contribution in [1.82, 2.24) is 4.90 Å². The molecule has 0 bridgehead atoms. The fourth-order valence-corrected chi connectivity index (χ4v) is 1.48. The van der Waals surface area contributed by atoms with Crippen molar-refractivity contribution in [3.05, 3.63) is 0 Å². The van der Waals surface area contributed by atoms with E-state index < -0.39 is 0 Å². The molecule has 4 nitrogen and oxygen atoms in total. The number of hydrogen-bond donors (Lipinski definition) is 1. The van der Waals surface area contributed by atoms with E-state index in [0.29, 0.717) is 13.4 Å². The van der Waals surface area contributed by atoms with Crippen LogP contribution in [0.1, 0.15) is 13.3 Å². The first-order chi connectivity index (χ1) is 6.24. The smallest absolute Gasteiger partial charge is 0.147 e. The SMILES string of the molecule is CCOCOC1CN(C)CCC1N.Cl.Cl. The number of rotatable bonds is 4. The van der Waals surface area contributed by atoms with Crippen LogP contribution in [0.25, 0.3) is 0 Å². The quantitative estimate of drug-likeness (QED) is 0.602. The molecule has 1 rings (SSSR count). The Kier molecular flexibility index (Phi) is 11.4. The van der Waals surface area contributed by atoms with Crippen molar-refractivity contribution >= 4 is 24.8 Å². The number of likely N-dealkylation sites (tertiary alicyclic amines) is 1. The van der Waals surface area contributed by atoms with Crippen LogP contribution in [0.15, 0.2) is 0 Å². The number of hydrogen-bond acceptors (Lipinski definition) is 4. The molecule has 0 aliphatic carbocycles. The van der Waals surface area contributed by atoms with E-state index in [9.17, 15) is 0 Å². The van der Waals surface area contributed by atoms with E-state index in [2.05, 4.69) is 11.9 Å². The van der Waals surface area contributed by atoms with E-state index in [1.165, 1.54) is 0 Å². The molecule has 0 aromatic heterocycles. The summed E-state index contributed by atoms with van der Waals surface area (Å²) >= 11 is 0. The number of nitrogens with zero attached hydrogens (tertiary/aromatic N) is 1. The van der Waals surface area contributed by atoms with Gasteiger partial charge in [-0.3, -0.25) is 0 Å². The molecule has 1 aliphatic heterocycles. The van der Waals surface area contributed by atoms with Crippen molar-refractivity contribution < 1.29 is 9.47 Å². The Morgan fingerprint density at radius 3 is 2.67 bits per heavy atom. The minimum atomic E-state index is 0. The summed E-state index contributed by atoms with van der Waals surface area (Å²) in [4.78, 5) is 2.24. The van der Waals surface area contributed by atoms with Crippen LogP contribution in [0, 0.1) is 0 Å². The summed E-state index contributed by atoms with van der Waals surface area (Å²) in [6, 6.07) is 0.164. The molecule has 1 aliphatic rings. The number of likely N-dealkylation sites (N-methyl/N-ethyl adjacent to an activating group) is 1. The van der Waals surface area contributed by atoms with Crippen LogP contribution in [0.4, 0.5) is 0 Å². The van der Waals surface area contributed by atoms with E-state index in [0.717, 1.165) is 19.5 Å². The maximum absolute atomic E-state index is 5.92. The van der Waals surface area contributed by atoms with Gasteiger partial charge in [-0.05, 0) is 26.9 Å². The Bertz CT molecular complexity index is 152. The summed E-state index contributed by atoms with van der Waals surface area (Å²) in [6.07, 6.45) is 1.14. The van der Waals surface area contributed by atoms with Crippen molar-refractivity contribution in [1.29, 1.82) is 0 Å². The lowest BCUT2D eigenvalue weighted by molar-refractivity contribution is -0.107. The summed E-state index contributed by atoms with van der Waals surface area (Å²) in [5.74, 6) is 0. The largest absolute Gasteiger partial charge is 0.356 e. The Morgan fingerprint density at radius 1 is 1.40 bits per heavy atom. The minimum Gasteiger partial charge on any atom is -0.356 e. The van der Waals surface area contributed by atoms with Crippen LogP contribution in [0.3, 0.4) is 0 Å². The fourth-order valence-electron chi connectivity index (χ4n) is 1.48. The maximum atomic E-state index is 5.92. The van der Waals surface area contributed by atoms with Crippen LogP contribution in [-0.4, -0.2) is 50.6 Å². The average Bonchev–Trinajstić information content (AvgIpc) is 2.11. The number of nitrogens with two attached hydrogens (primary N) is 1. The Morgan fingerprint density at radius 2 is 2.07 bits per heavy atom. The highest BCUT2D eigenvalue weighted by Gasteiger charge is 2.25. The van der Waals surface area contributed by atoms with Gasteiger partial charge in [0.05, 0.1) is 6.10 Å². The second-order valence-electron chi connectivity index (χ2n) is 3.53. The van der Waals surface area contributed by atoms with E-state index >= 15 is 0 Å². The van der Waals surface area contributed by atoms with Crippen molar-refractivity contribution in [2.45, 2.75) is 25.5 Å². The standard InChI is InChI=1S/C9H20N2O2.2ClH/c1-3-12-7-13-9-6-11(2)5-4-8(9)10;;/h8-9H,3-7,10H2,1-2H3;2*1H. The second kappa shape index (κ2) is 9.63. The average molecular weight is 261 g/mol. The molecule has 2 atom stereocenters. The summed E-state index contributed by atoms with van der Waals surface area (Å²) in [6.45, 7) is 4.99. The third kappa shape index (κ3) is 6.56. The van der Waals surface area contributed by atoms with Gasteiger partial charge in [-0.15, -0.1) is 24.8 Å². The third-order valence-corrected chi connectivity index (χ3v) is 2.38. The molecule has 0 aromatic rings. The van der Waals surface area contributed by atoms with Gasteiger partial charge in [0.2, 0.25) is 0 Å². The first kappa shape index (κ1) is 17.8. The molecular weight excluding hydrogens is 239 g/mol. The van der Waals surface area contributed by atoms with E-state index in [4.69, 9.17) is 15.2 Å². The van der Waals surface area contributed by atoms with Gasteiger partial charge >= 0.3 is 0 Å². The van der Waals surface area contributed by atoms with E-state index in [1.807, 2.05) is 6.92 Å². The van der Waals surface area contributed by atoms with Crippen LogP contribution in [0.2, 0.25) is 0 Å². The van der Waals surface area contributed by atoms with Crippen LogP contribution >= 0.6 is 24.8 Å². The highest BCUT2D eigenvalue weighted by molar-refractivity contribution is 5.85. The molecule has 2 N–H and O–H groups in total. The highest BCUT2D eigenvalue weighted by Crippen LogP contribution is 2.10. The van der Waals surface area contributed by atoms with Crippen molar-refractivity contribution in [2.24, 2.45) is 5.73 Å². The second-order valence-corrected chi connectivity index (χ2v) is 3.53. The Hall–Kier alpha value is 0.420. The molecule has 6 heteroatoms. The zero-order valence-corrected chi connectivity index (χ0v) is 11.0. The summed E-state index contributed by atoms with van der Waals surface area (Å²) in [5.41, 5.74) is 5.92. The molecule has 15 heavy (non-hydrogen) atoms. The van der Waals surface area contributed by atoms with Crippen LogP contribution in [-0.2, 0) is 9.47 Å². The first-order valence-corrected chi connectivity index (χ1v) is 4.87. The van der Waals surface area contributed by atoms with Gasteiger partial charge in [0.25, 0.3) is 0 Å². The summed E-state index contributed by atoms with van der Waals surface area (Å²) < 4.78 is 10.6. The molecule has 1 saturated heterocycles. The molecule has 0 aromatic carbocycles. The molecule has 94 valence electrons. The zero-order chi connectivity index (χ0) is 9.68. The molecule has 0 spiro atoms. The van der Waals surface area contributed by atoms with Crippen LogP contribution < -0.4 is 5.73 Å². The number of ether oxygens (including phenoxy) is 2. The van der Waals surface area contributed by atoms with Crippen LogP contribution in [0.5, 0.6) is 0 Å². The van der Waals surface area contributed by atoms with Gasteiger partial charge in [-0.1, -0.05) is 0 Å². The van der Waals surface area contributed by atoms with Gasteiger partial charge < -0.3 is 20.1 Å². The molecular formula is C9H22Cl2N2O2. The molecule has 2 unspecified atom stereocenters. The predicted molar refractivity (Wildman–Crippen MR) is 66.0 cm³/mol. The number of piperidine rings is 1. The maximum Gasteiger partial charge on any atom is 0.147 e. The summed E-state index contributed by atoms with van der Waals surface area (Å²) in [7, 11) is 2.09. The Balaban J connectivity index is 0. The van der Waals surface area contributed by atoms with Gasteiger partial charge in [0.1, 0.15) is 6.79 Å². The normalized spacial score (nSPS) is 26.6. The van der Waals surface area contributed by atoms with Crippen molar-refractivity contribution in [3.63, 3.8) is 0 Å². The fraction of sp³-hybridized carbons (Fsp3) is 1.00. The monoisotopic (exact) mass is 260 g/mol. The van der Waals surface area contributed by atoms with E-state index in [-0.39, 0.29) is 37.0 Å². The highest BCUT2D eigenvalue weighted by atomic mass is 35.5. The van der Waals surface area contributed by atoms with Gasteiger partial charge in [0, 0.05) is 19.2 Å². The molecule has 1 fully saturated rings. The van der Waals surface area contributed by atoms with Gasteiger partial charge in [-0.25, -0.2) is 0 Å². The predicted octanol–water partition coefficient (Wildman–Crippen LogP) is 0.872. The van der Waals surface area contributed by atoms with Crippen molar-refractivity contribution in [2.75, 3.05) is 33.5 Å².